The molecule has 28 heavy (non-hydrogen) atoms. The summed E-state index contributed by atoms with van der Waals surface area (Å²) in [5, 5.41) is 18.8. The zero-order valence-electron chi connectivity index (χ0n) is 15.9. The van der Waals surface area contributed by atoms with Crippen molar-refractivity contribution in [3.05, 3.63) is 35.6 Å². The molecule has 1 aromatic rings. The molecule has 3 rings (SSSR count). The fourth-order valence-electron chi connectivity index (χ4n) is 3.65. The standard InChI is InChI=1S/C19H25FN4O.CH2O2/c20-18-4-2-1-3-17(18)14-23-8-5-16(13-23)12-22-19(25)24-9-6-15(11-21)7-10-24;2-1-3/h1-4,15-16H,5-10,12-14H2,(H,22,25);1H,(H,2,3). The largest absolute Gasteiger partial charge is 0.483 e. The third kappa shape index (κ3) is 6.50. The highest BCUT2D eigenvalue weighted by Gasteiger charge is 2.26. The highest BCUT2D eigenvalue weighted by molar-refractivity contribution is 5.74. The Morgan fingerprint density at radius 2 is 1.96 bits per heavy atom. The van der Waals surface area contributed by atoms with E-state index in [0.717, 1.165) is 37.9 Å². The molecule has 2 aliphatic rings. The number of nitriles is 1. The first-order chi connectivity index (χ1) is 13.6. The molecular weight excluding hydrogens is 363 g/mol. The summed E-state index contributed by atoms with van der Waals surface area (Å²) >= 11 is 0. The Balaban J connectivity index is 0.000000878. The monoisotopic (exact) mass is 390 g/mol. The lowest BCUT2D eigenvalue weighted by Gasteiger charge is -2.29. The molecule has 7 nitrogen and oxygen atoms in total. The molecule has 2 saturated heterocycles. The third-order valence-corrected chi connectivity index (χ3v) is 5.23. The molecule has 2 amide bonds. The number of amides is 2. The zero-order valence-corrected chi connectivity index (χ0v) is 15.9. The van der Waals surface area contributed by atoms with Crippen molar-refractivity contribution >= 4 is 12.5 Å². The normalized spacial score (nSPS) is 20.0. The molecule has 2 aliphatic heterocycles. The molecule has 0 aliphatic carbocycles. The van der Waals surface area contributed by atoms with Gasteiger partial charge in [0.05, 0.1) is 6.07 Å². The van der Waals surface area contributed by atoms with Gasteiger partial charge in [0.25, 0.3) is 6.47 Å². The number of rotatable bonds is 4. The molecule has 1 unspecified atom stereocenters. The van der Waals surface area contributed by atoms with E-state index < -0.39 is 0 Å². The van der Waals surface area contributed by atoms with Crippen LogP contribution in [0, 0.1) is 29.0 Å². The van der Waals surface area contributed by atoms with Gasteiger partial charge in [-0.2, -0.15) is 5.26 Å². The number of carbonyl (C=O) groups excluding carboxylic acids is 1. The van der Waals surface area contributed by atoms with Crippen molar-refractivity contribution in [2.24, 2.45) is 11.8 Å². The van der Waals surface area contributed by atoms with Gasteiger partial charge in [-0.15, -0.1) is 0 Å². The van der Waals surface area contributed by atoms with E-state index in [1.807, 2.05) is 12.1 Å². The van der Waals surface area contributed by atoms with Crippen molar-refractivity contribution in [2.45, 2.75) is 25.8 Å². The maximum atomic E-state index is 13.7. The molecule has 152 valence electrons. The van der Waals surface area contributed by atoms with Crippen LogP contribution in [0.2, 0.25) is 0 Å². The van der Waals surface area contributed by atoms with Gasteiger partial charge in [-0.3, -0.25) is 9.69 Å². The van der Waals surface area contributed by atoms with E-state index in [2.05, 4.69) is 16.3 Å². The predicted octanol–water partition coefficient (Wildman–Crippen LogP) is 2.29. The molecule has 0 radical (unpaired) electrons. The Labute approximate surface area is 164 Å². The van der Waals surface area contributed by atoms with Crippen LogP contribution in [0.15, 0.2) is 24.3 Å². The van der Waals surface area contributed by atoms with Crippen molar-refractivity contribution in [1.82, 2.24) is 15.1 Å². The smallest absolute Gasteiger partial charge is 0.317 e. The lowest BCUT2D eigenvalue weighted by Crippen LogP contribution is -2.45. The van der Waals surface area contributed by atoms with Crippen LogP contribution in [-0.2, 0) is 11.3 Å². The minimum absolute atomic E-state index is 0.0241. The number of halogens is 1. The molecule has 2 fully saturated rings. The average Bonchev–Trinajstić information content (AvgIpc) is 3.16. The number of benzene rings is 1. The summed E-state index contributed by atoms with van der Waals surface area (Å²) in [5.74, 6) is 0.346. The minimum Gasteiger partial charge on any atom is -0.483 e. The number of nitrogens with one attached hydrogen (secondary N) is 1. The van der Waals surface area contributed by atoms with E-state index in [-0.39, 0.29) is 24.2 Å². The van der Waals surface area contributed by atoms with Crippen molar-refractivity contribution in [3.8, 4) is 6.07 Å². The van der Waals surface area contributed by atoms with Crippen LogP contribution in [0.25, 0.3) is 0 Å². The number of urea groups is 1. The zero-order chi connectivity index (χ0) is 20.4. The maximum absolute atomic E-state index is 13.7. The van der Waals surface area contributed by atoms with E-state index in [4.69, 9.17) is 15.2 Å². The second kappa shape index (κ2) is 11.2. The summed E-state index contributed by atoms with van der Waals surface area (Å²) in [7, 11) is 0. The number of carbonyl (C=O) groups is 2. The second-order valence-corrected chi connectivity index (χ2v) is 7.16. The Kier molecular flexibility index (Phi) is 8.69. The highest BCUT2D eigenvalue weighted by atomic mass is 19.1. The number of hydrogen-bond acceptors (Lipinski definition) is 4. The SMILES string of the molecule is N#CC1CCN(C(=O)NCC2CCN(Cc3ccccc3F)C2)CC1.O=CO. The predicted molar refractivity (Wildman–Crippen MR) is 102 cm³/mol. The van der Waals surface area contributed by atoms with E-state index >= 15 is 0 Å². The maximum Gasteiger partial charge on any atom is 0.317 e. The lowest BCUT2D eigenvalue weighted by molar-refractivity contribution is -0.122. The van der Waals surface area contributed by atoms with Gasteiger partial charge in [0.2, 0.25) is 0 Å². The number of piperidine rings is 1. The van der Waals surface area contributed by atoms with Crippen LogP contribution in [0.1, 0.15) is 24.8 Å². The first kappa shape index (κ1) is 21.6. The summed E-state index contributed by atoms with van der Waals surface area (Å²) in [6, 6.07) is 9.15. The topological polar surface area (TPSA) is 96.7 Å². The van der Waals surface area contributed by atoms with Gasteiger partial charge in [-0.1, -0.05) is 18.2 Å². The van der Waals surface area contributed by atoms with Gasteiger partial charge in [0, 0.05) is 44.2 Å². The summed E-state index contributed by atoms with van der Waals surface area (Å²) < 4.78 is 13.7. The minimum atomic E-state index is -0.250. The van der Waals surface area contributed by atoms with E-state index in [1.165, 1.54) is 6.07 Å². The van der Waals surface area contributed by atoms with Crippen molar-refractivity contribution in [2.75, 3.05) is 32.7 Å². The Bertz CT molecular complexity index is 686. The van der Waals surface area contributed by atoms with Gasteiger partial charge >= 0.3 is 6.03 Å². The van der Waals surface area contributed by atoms with Gasteiger partial charge in [0.1, 0.15) is 5.82 Å². The van der Waals surface area contributed by atoms with Crippen LogP contribution in [0.3, 0.4) is 0 Å². The second-order valence-electron chi connectivity index (χ2n) is 7.16. The van der Waals surface area contributed by atoms with Crippen molar-refractivity contribution in [1.29, 1.82) is 5.26 Å². The van der Waals surface area contributed by atoms with Crippen LogP contribution >= 0.6 is 0 Å². The molecule has 2 heterocycles. The first-order valence-electron chi connectivity index (χ1n) is 9.53. The van der Waals surface area contributed by atoms with Crippen LogP contribution in [-0.4, -0.2) is 60.1 Å². The number of carboxylic acid groups (broad SMARTS) is 1. The van der Waals surface area contributed by atoms with Crippen LogP contribution in [0.4, 0.5) is 9.18 Å². The van der Waals surface area contributed by atoms with Gasteiger partial charge < -0.3 is 15.3 Å². The summed E-state index contributed by atoms with van der Waals surface area (Å²) in [4.78, 5) is 24.6. The molecule has 0 bridgehead atoms. The fraction of sp³-hybridized carbons (Fsp3) is 0.550. The average molecular weight is 390 g/mol. The molecular formula is C20H27FN4O3. The molecule has 0 spiro atoms. The highest BCUT2D eigenvalue weighted by Crippen LogP contribution is 2.20. The van der Waals surface area contributed by atoms with Gasteiger partial charge in [0.15, 0.2) is 0 Å². The number of nitrogens with zero attached hydrogens (tertiary/aromatic N) is 3. The first-order valence-corrected chi connectivity index (χ1v) is 9.53. The van der Waals surface area contributed by atoms with Crippen molar-refractivity contribution in [3.63, 3.8) is 0 Å². The summed E-state index contributed by atoms with van der Waals surface area (Å²) in [6.07, 6.45) is 2.55. The van der Waals surface area contributed by atoms with Crippen LogP contribution < -0.4 is 5.32 Å². The van der Waals surface area contributed by atoms with E-state index in [9.17, 15) is 9.18 Å². The van der Waals surface area contributed by atoms with Crippen molar-refractivity contribution < 1.29 is 19.1 Å². The van der Waals surface area contributed by atoms with Gasteiger partial charge in [-0.05, 0) is 37.8 Å². The summed E-state index contributed by atoms with van der Waals surface area (Å²) in [6.45, 7) is 4.17. The quantitative estimate of drug-likeness (QED) is 0.769. The Morgan fingerprint density at radius 3 is 2.61 bits per heavy atom. The molecule has 1 aromatic carbocycles. The van der Waals surface area contributed by atoms with E-state index in [0.29, 0.717) is 32.1 Å². The van der Waals surface area contributed by atoms with Gasteiger partial charge in [-0.25, -0.2) is 9.18 Å². The Morgan fingerprint density at radius 1 is 1.29 bits per heavy atom. The summed E-state index contributed by atoms with van der Waals surface area (Å²) in [5.41, 5.74) is 0.729. The number of hydrogen-bond donors (Lipinski definition) is 2. The molecule has 0 aromatic heterocycles. The molecule has 8 heteroatoms. The Hall–Kier alpha value is -2.66. The molecule has 2 N–H and O–H groups in total. The van der Waals surface area contributed by atoms with E-state index in [1.54, 1.807) is 11.0 Å². The third-order valence-electron chi connectivity index (χ3n) is 5.23. The lowest BCUT2D eigenvalue weighted by atomic mass is 9.99. The fourth-order valence-corrected chi connectivity index (χ4v) is 3.65. The van der Waals surface area contributed by atoms with Crippen LogP contribution in [0.5, 0.6) is 0 Å². The number of likely N-dealkylation sites (tertiary alicyclic amines) is 2. The molecule has 0 saturated carbocycles. The molecule has 1 atom stereocenters.